The van der Waals surface area contributed by atoms with Crippen molar-refractivity contribution in [2.45, 2.75) is 46.1 Å². The van der Waals surface area contributed by atoms with Crippen molar-refractivity contribution in [3.8, 4) is 11.1 Å². The van der Waals surface area contributed by atoms with Gasteiger partial charge < -0.3 is 14.5 Å². The molecule has 2 heterocycles. The summed E-state index contributed by atoms with van der Waals surface area (Å²) in [5.74, 6) is -0.776. The van der Waals surface area contributed by atoms with Gasteiger partial charge >= 0.3 is 5.97 Å². The summed E-state index contributed by atoms with van der Waals surface area (Å²) in [7, 11) is 0. The summed E-state index contributed by atoms with van der Waals surface area (Å²) in [5.41, 5.74) is 3.64. The molecule has 1 atom stereocenters. The highest BCUT2D eigenvalue weighted by Gasteiger charge is 2.31. The molecule has 1 aliphatic rings. The molecule has 2 aromatic carbocycles. The van der Waals surface area contributed by atoms with Crippen LogP contribution < -0.4 is 9.80 Å². The number of benzene rings is 2. The Labute approximate surface area is 221 Å². The minimum Gasteiger partial charge on any atom is -0.462 e. The quantitative estimate of drug-likeness (QED) is 0.279. The van der Waals surface area contributed by atoms with Gasteiger partial charge in [0.15, 0.2) is 0 Å². The van der Waals surface area contributed by atoms with Crippen LogP contribution in [0.25, 0.3) is 11.1 Å². The van der Waals surface area contributed by atoms with E-state index in [0.717, 1.165) is 48.6 Å². The molecule has 1 unspecified atom stereocenters. The molecule has 4 rings (SSSR count). The maximum absolute atomic E-state index is 14.1. The van der Waals surface area contributed by atoms with Crippen molar-refractivity contribution in [3.63, 3.8) is 0 Å². The first-order valence-electron chi connectivity index (χ1n) is 12.8. The molecule has 0 amide bonds. The molecule has 0 saturated carbocycles. The summed E-state index contributed by atoms with van der Waals surface area (Å²) < 4.78 is 34.4. The maximum Gasteiger partial charge on any atom is 0.341 e. The van der Waals surface area contributed by atoms with Gasteiger partial charge in [0.05, 0.1) is 18.8 Å². The first-order valence-corrected chi connectivity index (χ1v) is 13.2. The monoisotopic (exact) mass is 530 g/mol. The zero-order valence-electron chi connectivity index (χ0n) is 21.5. The number of halogens is 3. The minimum absolute atomic E-state index is 0.108. The zero-order chi connectivity index (χ0) is 26.5. The molecule has 9 heteroatoms. The largest absolute Gasteiger partial charge is 0.462 e. The summed E-state index contributed by atoms with van der Waals surface area (Å²) >= 11 is 6.41. The third kappa shape index (κ3) is 5.74. The zero-order valence-corrected chi connectivity index (χ0v) is 22.2. The fraction of sp³-hybridized carbons (Fsp3) is 0.429. The molecule has 0 radical (unpaired) electrons. The highest BCUT2D eigenvalue weighted by molar-refractivity contribution is 6.31. The number of ether oxygens (including phenoxy) is 1. The predicted octanol–water partition coefficient (Wildman–Crippen LogP) is 7.01. The van der Waals surface area contributed by atoms with Crippen molar-refractivity contribution in [2.75, 3.05) is 42.6 Å². The van der Waals surface area contributed by atoms with Gasteiger partial charge in [0.25, 0.3) is 6.43 Å². The first-order chi connectivity index (χ1) is 17.9. The smallest absolute Gasteiger partial charge is 0.341 e. The molecule has 1 aliphatic heterocycles. The Kier molecular flexibility index (Phi) is 8.69. The lowest BCUT2D eigenvalue weighted by Gasteiger charge is -2.36. The van der Waals surface area contributed by atoms with Crippen molar-refractivity contribution in [2.24, 2.45) is 0 Å². The number of carbonyl (C=O) groups is 1. The van der Waals surface area contributed by atoms with Crippen LogP contribution in [0.15, 0.2) is 48.7 Å². The predicted molar refractivity (Wildman–Crippen MR) is 144 cm³/mol. The molecule has 0 spiro atoms. The Bertz CT molecular complexity index is 1210. The average Bonchev–Trinajstić information content (AvgIpc) is 3.36. The highest BCUT2D eigenvalue weighted by atomic mass is 35.5. The van der Waals surface area contributed by atoms with Gasteiger partial charge in [-0.1, -0.05) is 29.8 Å². The van der Waals surface area contributed by atoms with Gasteiger partial charge in [-0.3, -0.25) is 4.68 Å². The van der Waals surface area contributed by atoms with E-state index in [0.29, 0.717) is 18.0 Å². The van der Waals surface area contributed by atoms with Crippen molar-refractivity contribution in [1.29, 1.82) is 0 Å². The molecule has 37 heavy (non-hydrogen) atoms. The van der Waals surface area contributed by atoms with E-state index in [4.69, 9.17) is 16.3 Å². The number of hydrogen-bond acceptors (Lipinski definition) is 5. The fourth-order valence-electron chi connectivity index (χ4n) is 5.07. The molecule has 6 nitrogen and oxygen atoms in total. The average molecular weight is 531 g/mol. The van der Waals surface area contributed by atoms with Crippen LogP contribution in [0.1, 0.15) is 62.1 Å². The van der Waals surface area contributed by atoms with Gasteiger partial charge in [0.2, 0.25) is 0 Å². The molecule has 198 valence electrons. The second-order valence-corrected chi connectivity index (χ2v) is 9.47. The second-order valence-electron chi connectivity index (χ2n) is 9.03. The fourth-order valence-corrected chi connectivity index (χ4v) is 5.24. The number of piperidine rings is 1. The molecule has 1 fully saturated rings. The van der Waals surface area contributed by atoms with Crippen molar-refractivity contribution in [1.82, 2.24) is 9.78 Å². The van der Waals surface area contributed by atoms with Gasteiger partial charge in [-0.05, 0) is 63.4 Å². The van der Waals surface area contributed by atoms with E-state index >= 15 is 0 Å². The third-order valence-electron chi connectivity index (χ3n) is 6.89. The van der Waals surface area contributed by atoms with Crippen LogP contribution >= 0.6 is 11.6 Å². The number of hydrogen-bond donors (Lipinski definition) is 0. The van der Waals surface area contributed by atoms with Crippen LogP contribution in [-0.2, 0) is 4.74 Å². The number of carbonyl (C=O) groups excluding carboxylic acids is 1. The normalized spacial score (nSPS) is 15.8. The molecule has 1 saturated heterocycles. The van der Waals surface area contributed by atoms with Crippen LogP contribution in [0.3, 0.4) is 0 Å². The molecule has 1 aromatic heterocycles. The number of alkyl halides is 2. The number of rotatable bonds is 9. The standard InChI is InChI=1S/C28H33ClF2N4O2/c1-4-33(5-2)21-12-9-19(10-13-21)23-14-11-20(29)16-25(23)34-15-7-8-22(18-34)35-26(27(30)31)24(17-32-35)28(36)37-6-3/h9-14,16-17,22,27H,4-8,15,18H2,1-3H3. The number of aromatic nitrogens is 2. The Hall–Kier alpha value is -3.13. The van der Waals surface area contributed by atoms with Crippen LogP contribution in [0.2, 0.25) is 5.02 Å². The summed E-state index contributed by atoms with van der Waals surface area (Å²) in [6.07, 6.45) is -0.187. The molecule has 0 aliphatic carbocycles. The summed E-state index contributed by atoms with van der Waals surface area (Å²) in [6.45, 7) is 9.12. The first kappa shape index (κ1) is 26.9. The SMILES string of the molecule is CCOC(=O)c1cnn(C2CCCN(c3cc(Cl)ccc3-c3ccc(N(CC)CC)cc3)C2)c1C(F)F. The lowest BCUT2D eigenvalue weighted by Crippen LogP contribution is -2.38. The molecule has 0 bridgehead atoms. The second kappa shape index (κ2) is 11.9. The molecule has 3 aromatic rings. The molecular formula is C28H33ClF2N4O2. The summed E-state index contributed by atoms with van der Waals surface area (Å²) in [4.78, 5) is 16.7. The lowest BCUT2D eigenvalue weighted by atomic mass is 9.99. The third-order valence-corrected chi connectivity index (χ3v) is 7.12. The maximum atomic E-state index is 14.1. The van der Waals surface area contributed by atoms with Crippen molar-refractivity contribution >= 4 is 28.9 Å². The minimum atomic E-state index is -2.84. The summed E-state index contributed by atoms with van der Waals surface area (Å²) in [6, 6.07) is 13.9. The number of anilines is 2. The molecule has 0 N–H and O–H groups in total. The van der Waals surface area contributed by atoms with E-state index in [1.807, 2.05) is 18.2 Å². The Balaban J connectivity index is 1.65. The van der Waals surface area contributed by atoms with Gasteiger partial charge in [-0.15, -0.1) is 0 Å². The van der Waals surface area contributed by atoms with Gasteiger partial charge in [-0.25, -0.2) is 13.6 Å². The van der Waals surface area contributed by atoms with Gasteiger partial charge in [0.1, 0.15) is 11.3 Å². The van der Waals surface area contributed by atoms with Crippen molar-refractivity contribution in [3.05, 3.63) is 64.9 Å². The van der Waals surface area contributed by atoms with E-state index in [2.05, 4.69) is 53.0 Å². The van der Waals surface area contributed by atoms with Crippen LogP contribution in [0, 0.1) is 0 Å². The Morgan fingerprint density at radius 3 is 2.54 bits per heavy atom. The van der Waals surface area contributed by atoms with E-state index in [1.165, 1.54) is 10.9 Å². The van der Waals surface area contributed by atoms with E-state index in [9.17, 15) is 13.6 Å². The van der Waals surface area contributed by atoms with Crippen LogP contribution in [-0.4, -0.2) is 48.5 Å². The molecular weight excluding hydrogens is 498 g/mol. The Morgan fingerprint density at radius 2 is 1.89 bits per heavy atom. The summed E-state index contributed by atoms with van der Waals surface area (Å²) in [5, 5.41) is 4.82. The highest BCUT2D eigenvalue weighted by Crippen LogP contribution is 2.38. The topological polar surface area (TPSA) is 50.6 Å². The van der Waals surface area contributed by atoms with Crippen LogP contribution in [0.5, 0.6) is 0 Å². The van der Waals surface area contributed by atoms with Gasteiger partial charge in [0, 0.05) is 48.1 Å². The van der Waals surface area contributed by atoms with Crippen molar-refractivity contribution < 1.29 is 18.3 Å². The van der Waals surface area contributed by atoms with E-state index < -0.39 is 12.4 Å². The van der Waals surface area contributed by atoms with E-state index in [1.54, 1.807) is 6.92 Å². The van der Waals surface area contributed by atoms with Crippen LogP contribution in [0.4, 0.5) is 20.2 Å². The number of nitrogens with zero attached hydrogens (tertiary/aromatic N) is 4. The lowest BCUT2D eigenvalue weighted by molar-refractivity contribution is 0.0512. The number of esters is 1. The van der Waals surface area contributed by atoms with E-state index in [-0.39, 0.29) is 23.9 Å². The van der Waals surface area contributed by atoms with Gasteiger partial charge in [-0.2, -0.15) is 5.10 Å². The Morgan fingerprint density at radius 1 is 1.16 bits per heavy atom.